The van der Waals surface area contributed by atoms with E-state index in [9.17, 15) is 9.59 Å². The van der Waals surface area contributed by atoms with Gasteiger partial charge in [0.2, 0.25) is 5.76 Å². The summed E-state index contributed by atoms with van der Waals surface area (Å²) in [6.45, 7) is -0.460. The Morgan fingerprint density at radius 3 is 2.91 bits per heavy atom. The normalized spacial score (nSPS) is 10.2. The van der Waals surface area contributed by atoms with Crippen LogP contribution >= 0.6 is 11.3 Å². The van der Waals surface area contributed by atoms with E-state index in [1.165, 1.54) is 11.3 Å². The number of nitriles is 1. The number of para-hydroxylation sites is 1. The van der Waals surface area contributed by atoms with Crippen molar-refractivity contribution in [3.05, 3.63) is 53.1 Å². The summed E-state index contributed by atoms with van der Waals surface area (Å²) in [5.41, 5.74) is 0.938. The number of fused-ring (bicyclic) bond motifs is 1. The number of nitrogens with one attached hydrogen (secondary N) is 1. The van der Waals surface area contributed by atoms with Crippen molar-refractivity contribution in [3.8, 4) is 6.07 Å². The summed E-state index contributed by atoms with van der Waals surface area (Å²) in [5.74, 6) is -1.20. The lowest BCUT2D eigenvalue weighted by molar-refractivity contribution is -0.119. The number of carbonyl (C=O) groups is 2. The average Bonchev–Trinajstić information content (AvgIpc) is 3.18. The molecule has 0 aliphatic carbocycles. The average molecular weight is 326 g/mol. The molecule has 1 N–H and O–H groups in total. The lowest BCUT2D eigenvalue weighted by atomic mass is 10.2. The number of amides is 1. The largest absolute Gasteiger partial charge is 0.450 e. The Bertz CT molecular complexity index is 886. The molecule has 23 heavy (non-hydrogen) atoms. The van der Waals surface area contributed by atoms with Gasteiger partial charge >= 0.3 is 5.97 Å². The van der Waals surface area contributed by atoms with Crippen molar-refractivity contribution in [3.63, 3.8) is 0 Å². The minimum absolute atomic E-state index is 0.0350. The van der Waals surface area contributed by atoms with Gasteiger partial charge in [-0.3, -0.25) is 4.79 Å². The van der Waals surface area contributed by atoms with Crippen LogP contribution < -0.4 is 5.32 Å². The number of rotatable bonds is 4. The zero-order valence-electron chi connectivity index (χ0n) is 11.7. The van der Waals surface area contributed by atoms with Crippen molar-refractivity contribution in [2.24, 2.45) is 0 Å². The van der Waals surface area contributed by atoms with E-state index in [-0.39, 0.29) is 5.76 Å². The van der Waals surface area contributed by atoms with Crippen LogP contribution in [0.2, 0.25) is 0 Å². The number of anilines is 1. The van der Waals surface area contributed by atoms with Gasteiger partial charge in [0.15, 0.2) is 6.61 Å². The van der Waals surface area contributed by atoms with E-state index < -0.39 is 18.5 Å². The summed E-state index contributed by atoms with van der Waals surface area (Å²) in [5, 5.41) is 14.3. The van der Waals surface area contributed by atoms with Crippen LogP contribution in [0.15, 0.2) is 46.2 Å². The third-order valence-electron chi connectivity index (χ3n) is 3.00. The van der Waals surface area contributed by atoms with Gasteiger partial charge in [-0.2, -0.15) is 5.26 Å². The van der Waals surface area contributed by atoms with Crippen LogP contribution in [0.4, 0.5) is 5.00 Å². The fourth-order valence-corrected chi connectivity index (χ4v) is 2.70. The highest BCUT2D eigenvalue weighted by molar-refractivity contribution is 7.14. The minimum Gasteiger partial charge on any atom is -0.450 e. The monoisotopic (exact) mass is 326 g/mol. The van der Waals surface area contributed by atoms with Crippen molar-refractivity contribution >= 4 is 39.2 Å². The number of ether oxygens (including phenoxy) is 1. The van der Waals surface area contributed by atoms with Crippen molar-refractivity contribution < 1.29 is 18.7 Å². The Balaban J connectivity index is 1.60. The van der Waals surface area contributed by atoms with Gasteiger partial charge in [0.25, 0.3) is 5.91 Å². The smallest absolute Gasteiger partial charge is 0.374 e. The van der Waals surface area contributed by atoms with Gasteiger partial charge in [0, 0.05) is 5.39 Å². The molecule has 1 aromatic carbocycles. The van der Waals surface area contributed by atoms with E-state index in [4.69, 9.17) is 14.4 Å². The molecule has 0 spiro atoms. The lowest BCUT2D eigenvalue weighted by Gasteiger charge is -2.04. The molecule has 0 unspecified atom stereocenters. The summed E-state index contributed by atoms with van der Waals surface area (Å²) in [7, 11) is 0. The Kier molecular flexibility index (Phi) is 4.08. The second kappa shape index (κ2) is 6.34. The molecule has 0 atom stereocenters. The quantitative estimate of drug-likeness (QED) is 0.743. The van der Waals surface area contributed by atoms with Gasteiger partial charge in [0.1, 0.15) is 16.7 Å². The predicted molar refractivity (Wildman–Crippen MR) is 84.2 cm³/mol. The lowest BCUT2D eigenvalue weighted by Crippen LogP contribution is -2.20. The van der Waals surface area contributed by atoms with Gasteiger partial charge in [0.05, 0.1) is 5.56 Å². The molecule has 0 saturated carbocycles. The molecule has 1 amide bonds. The Labute approximate surface area is 134 Å². The molecule has 3 rings (SSSR count). The summed E-state index contributed by atoms with van der Waals surface area (Å²) >= 11 is 1.22. The van der Waals surface area contributed by atoms with Crippen LogP contribution in [-0.2, 0) is 9.53 Å². The number of nitrogens with zero attached hydrogens (tertiary/aromatic N) is 1. The summed E-state index contributed by atoms with van der Waals surface area (Å²) in [6.07, 6.45) is 0. The molecule has 0 radical (unpaired) electrons. The molecule has 0 fully saturated rings. The minimum atomic E-state index is -0.719. The Morgan fingerprint density at radius 1 is 1.30 bits per heavy atom. The van der Waals surface area contributed by atoms with Gasteiger partial charge < -0.3 is 14.5 Å². The van der Waals surface area contributed by atoms with Gasteiger partial charge in [-0.25, -0.2) is 4.79 Å². The maximum atomic E-state index is 11.9. The molecular formula is C16H10N2O4S. The molecule has 6 nitrogen and oxygen atoms in total. The maximum absolute atomic E-state index is 11.9. The SMILES string of the molecule is N#Cc1ccsc1NC(=O)COC(=O)c1cc2ccccc2o1. The predicted octanol–water partition coefficient (Wildman–Crippen LogP) is 3.16. The Morgan fingerprint density at radius 2 is 2.13 bits per heavy atom. The van der Waals surface area contributed by atoms with Crippen LogP contribution in [0.1, 0.15) is 16.1 Å². The highest BCUT2D eigenvalue weighted by atomic mass is 32.1. The zero-order valence-corrected chi connectivity index (χ0v) is 12.6. The fraction of sp³-hybridized carbons (Fsp3) is 0.0625. The van der Waals surface area contributed by atoms with E-state index >= 15 is 0 Å². The van der Waals surface area contributed by atoms with Crippen LogP contribution in [0.25, 0.3) is 11.0 Å². The molecule has 3 aromatic rings. The molecule has 0 aliphatic heterocycles. The Hall–Kier alpha value is -3.11. The maximum Gasteiger partial charge on any atom is 0.374 e. The third-order valence-corrected chi connectivity index (χ3v) is 3.83. The van der Waals surface area contributed by atoms with Crippen LogP contribution in [-0.4, -0.2) is 18.5 Å². The van der Waals surface area contributed by atoms with E-state index in [2.05, 4.69) is 5.32 Å². The second-order valence-corrected chi connectivity index (χ2v) is 5.46. The van der Waals surface area contributed by atoms with E-state index in [1.54, 1.807) is 29.6 Å². The molecule has 7 heteroatoms. The molecule has 2 aromatic heterocycles. The number of hydrogen-bond donors (Lipinski definition) is 1. The number of thiophene rings is 1. The molecule has 0 aliphatic rings. The summed E-state index contributed by atoms with van der Waals surface area (Å²) in [4.78, 5) is 23.7. The van der Waals surface area contributed by atoms with Gasteiger partial charge in [-0.05, 0) is 23.6 Å². The number of esters is 1. The van der Waals surface area contributed by atoms with Crippen molar-refractivity contribution in [2.75, 3.05) is 11.9 Å². The first-order valence-electron chi connectivity index (χ1n) is 6.60. The molecule has 2 heterocycles. The van der Waals surface area contributed by atoms with Crippen molar-refractivity contribution in [1.29, 1.82) is 5.26 Å². The second-order valence-electron chi connectivity index (χ2n) is 4.55. The van der Waals surface area contributed by atoms with Crippen molar-refractivity contribution in [2.45, 2.75) is 0 Å². The zero-order chi connectivity index (χ0) is 16.2. The van der Waals surface area contributed by atoms with Gasteiger partial charge in [-0.1, -0.05) is 18.2 Å². The van der Waals surface area contributed by atoms with Crippen LogP contribution in [0.5, 0.6) is 0 Å². The fourth-order valence-electron chi connectivity index (χ4n) is 1.94. The van der Waals surface area contributed by atoms with Crippen LogP contribution in [0.3, 0.4) is 0 Å². The molecule has 114 valence electrons. The van der Waals surface area contributed by atoms with E-state index in [1.807, 2.05) is 18.2 Å². The first kappa shape index (κ1) is 14.8. The highest BCUT2D eigenvalue weighted by Crippen LogP contribution is 2.22. The number of hydrogen-bond acceptors (Lipinski definition) is 6. The standard InChI is InChI=1S/C16H10N2O4S/c17-8-11-5-6-23-15(11)18-14(19)9-21-16(20)13-7-10-3-1-2-4-12(10)22-13/h1-7H,9H2,(H,18,19). The number of furan rings is 1. The topological polar surface area (TPSA) is 92.3 Å². The van der Waals surface area contributed by atoms with E-state index in [0.717, 1.165) is 5.39 Å². The number of benzene rings is 1. The first-order valence-corrected chi connectivity index (χ1v) is 7.48. The molecule has 0 saturated heterocycles. The number of carbonyl (C=O) groups excluding carboxylic acids is 2. The molecular weight excluding hydrogens is 316 g/mol. The van der Waals surface area contributed by atoms with Crippen LogP contribution in [0, 0.1) is 11.3 Å². The van der Waals surface area contributed by atoms with E-state index in [0.29, 0.717) is 16.1 Å². The third kappa shape index (κ3) is 3.22. The van der Waals surface area contributed by atoms with Gasteiger partial charge in [-0.15, -0.1) is 11.3 Å². The summed E-state index contributed by atoms with van der Waals surface area (Å²) in [6, 6.07) is 12.3. The first-order chi connectivity index (χ1) is 11.2. The summed E-state index contributed by atoms with van der Waals surface area (Å²) < 4.78 is 10.3. The highest BCUT2D eigenvalue weighted by Gasteiger charge is 2.16. The van der Waals surface area contributed by atoms with Crippen molar-refractivity contribution in [1.82, 2.24) is 0 Å². The molecule has 0 bridgehead atoms.